The van der Waals surface area contributed by atoms with Gasteiger partial charge in [0, 0.05) is 0 Å². The molecule has 0 aliphatic heterocycles. The Morgan fingerprint density at radius 3 is 1.00 bits per heavy atom. The minimum atomic E-state index is -2.67. The van der Waals surface area contributed by atoms with Gasteiger partial charge in [-0.1, -0.05) is 54.6 Å². The van der Waals surface area contributed by atoms with E-state index in [2.05, 4.69) is 22.0 Å². The molecule has 0 aromatic heterocycles. The van der Waals surface area contributed by atoms with Crippen LogP contribution in [0.5, 0.6) is 17.2 Å². The van der Waals surface area contributed by atoms with Gasteiger partial charge >= 0.3 is 5.59 Å². The van der Waals surface area contributed by atoms with E-state index in [0.29, 0.717) is 17.2 Å². The van der Waals surface area contributed by atoms with E-state index in [9.17, 15) is 0 Å². The normalized spacial score (nSPS) is 10.8. The number of benzene rings is 3. The summed E-state index contributed by atoms with van der Waals surface area (Å²) in [7, 11) is 0. The predicted molar refractivity (Wildman–Crippen MR) is 102 cm³/mol. The molecule has 0 aliphatic carbocycles. The van der Waals surface area contributed by atoms with Crippen LogP contribution in [0, 0.1) is 0 Å². The van der Waals surface area contributed by atoms with Gasteiger partial charge in [-0.05, 0) is 36.4 Å². The Bertz CT molecular complexity index is 622. The van der Waals surface area contributed by atoms with Crippen molar-refractivity contribution >= 4 is 27.6 Å². The number of hydrogen-bond acceptors (Lipinski definition) is 3. The fourth-order valence-electron chi connectivity index (χ4n) is 1.88. The molecular weight excluding hydrogens is 422 g/mol. The lowest BCUT2D eigenvalue weighted by atomic mass is 10.3. The molecule has 23 heavy (non-hydrogen) atoms. The molecule has 0 saturated heterocycles. The second-order valence-electron chi connectivity index (χ2n) is 4.64. The summed E-state index contributed by atoms with van der Waals surface area (Å²) in [4.78, 5) is 0. The molecule has 0 fully saturated rings. The van der Waals surface area contributed by atoms with Crippen molar-refractivity contribution in [3.63, 3.8) is 0 Å². The topological polar surface area (TPSA) is 27.7 Å². The molecule has 3 nitrogen and oxygen atoms in total. The quantitative estimate of drug-likeness (QED) is 0.333. The zero-order chi connectivity index (χ0) is 16.0. The summed E-state index contributed by atoms with van der Waals surface area (Å²) >= 11 is 2.13. The van der Waals surface area contributed by atoms with Crippen LogP contribution in [0.3, 0.4) is 0 Å². The summed E-state index contributed by atoms with van der Waals surface area (Å²) in [5.74, 6) is 2.13. The lowest BCUT2D eigenvalue weighted by molar-refractivity contribution is 0.384. The van der Waals surface area contributed by atoms with Crippen LogP contribution in [0.15, 0.2) is 91.0 Å². The number of para-hydroxylation sites is 3. The Hall–Kier alpha value is -1.78. The van der Waals surface area contributed by atoms with Crippen molar-refractivity contribution in [3.8, 4) is 17.2 Å². The molecule has 0 unspecified atom stereocenters. The van der Waals surface area contributed by atoms with Gasteiger partial charge in [-0.3, -0.25) is 13.6 Å². The lowest BCUT2D eigenvalue weighted by Gasteiger charge is -2.17. The molecule has 3 rings (SSSR count). The summed E-state index contributed by atoms with van der Waals surface area (Å²) in [5.41, 5.74) is -2.67. The molecule has 0 N–H and O–H groups in total. The molecule has 3 aromatic carbocycles. The van der Waals surface area contributed by atoms with E-state index in [1.54, 1.807) is 0 Å². The SMILES string of the molecule is I[P+](Oc1ccccc1)(Oc1ccccc1)Oc1ccccc1. The standard InChI is InChI=1S/C18H15IO3P/c19-23(20-16-10-4-1-5-11-16,21-17-12-6-2-7-13-17)22-18-14-8-3-9-15-18/h1-15H/q+1. The maximum atomic E-state index is 6.06. The Balaban J connectivity index is 1.85. The van der Waals surface area contributed by atoms with E-state index in [1.807, 2.05) is 91.0 Å². The molecule has 0 atom stereocenters. The Morgan fingerprint density at radius 2 is 0.739 bits per heavy atom. The summed E-state index contributed by atoms with van der Waals surface area (Å²) in [5, 5.41) is 0. The van der Waals surface area contributed by atoms with Crippen LogP contribution < -0.4 is 13.6 Å². The Morgan fingerprint density at radius 1 is 0.478 bits per heavy atom. The lowest BCUT2D eigenvalue weighted by Crippen LogP contribution is -2.09. The van der Waals surface area contributed by atoms with Gasteiger partial charge in [-0.2, -0.15) is 0 Å². The van der Waals surface area contributed by atoms with E-state index in [0.717, 1.165) is 0 Å². The van der Waals surface area contributed by atoms with Crippen LogP contribution >= 0.6 is 27.6 Å². The van der Waals surface area contributed by atoms with Crippen molar-refractivity contribution in [2.24, 2.45) is 0 Å². The van der Waals surface area contributed by atoms with Crippen LogP contribution in [0.4, 0.5) is 0 Å². The van der Waals surface area contributed by atoms with Gasteiger partial charge in [-0.25, -0.2) is 0 Å². The first-order valence-electron chi connectivity index (χ1n) is 7.06. The van der Waals surface area contributed by atoms with E-state index in [4.69, 9.17) is 13.6 Å². The molecule has 0 spiro atoms. The van der Waals surface area contributed by atoms with Crippen molar-refractivity contribution in [1.82, 2.24) is 0 Å². The van der Waals surface area contributed by atoms with Crippen LogP contribution in [-0.2, 0) is 0 Å². The van der Waals surface area contributed by atoms with Gasteiger partial charge in [0.05, 0.1) is 0 Å². The summed E-state index contributed by atoms with van der Waals surface area (Å²) in [6.07, 6.45) is 0. The Labute approximate surface area is 149 Å². The van der Waals surface area contributed by atoms with Crippen molar-refractivity contribution in [2.45, 2.75) is 0 Å². The van der Waals surface area contributed by atoms with Gasteiger partial charge < -0.3 is 0 Å². The van der Waals surface area contributed by atoms with Gasteiger partial charge in [0.15, 0.2) is 17.2 Å². The zero-order valence-corrected chi connectivity index (χ0v) is 15.3. The smallest absolute Gasteiger partial charge is 0.265 e. The van der Waals surface area contributed by atoms with Gasteiger partial charge in [0.2, 0.25) is 0 Å². The fourth-order valence-corrected chi connectivity index (χ4v) is 5.16. The maximum absolute atomic E-state index is 6.06. The average molecular weight is 437 g/mol. The largest absolute Gasteiger partial charge is 0.607 e. The van der Waals surface area contributed by atoms with Gasteiger partial charge in [-0.15, -0.1) is 0 Å². The highest BCUT2D eigenvalue weighted by molar-refractivity contribution is 14.2. The molecule has 116 valence electrons. The molecule has 0 heterocycles. The van der Waals surface area contributed by atoms with Gasteiger partial charge in [0.1, 0.15) is 0 Å². The molecular formula is C18H15IO3P+. The molecule has 0 amide bonds. The average Bonchev–Trinajstić information content (AvgIpc) is 2.57. The highest BCUT2D eigenvalue weighted by Gasteiger charge is 2.48. The zero-order valence-electron chi connectivity index (χ0n) is 12.2. The third-order valence-corrected chi connectivity index (χ3v) is 5.93. The van der Waals surface area contributed by atoms with Crippen molar-refractivity contribution in [3.05, 3.63) is 91.0 Å². The molecule has 0 aliphatic rings. The minimum Gasteiger partial charge on any atom is -0.265 e. The second kappa shape index (κ2) is 7.66. The number of rotatable bonds is 6. The molecule has 0 bridgehead atoms. The maximum Gasteiger partial charge on any atom is 0.607 e. The van der Waals surface area contributed by atoms with E-state index in [-0.39, 0.29) is 0 Å². The van der Waals surface area contributed by atoms with Crippen LogP contribution in [-0.4, -0.2) is 0 Å². The third kappa shape index (κ3) is 4.85. The van der Waals surface area contributed by atoms with Crippen molar-refractivity contribution < 1.29 is 13.6 Å². The Kier molecular flexibility index (Phi) is 5.36. The predicted octanol–water partition coefficient (Wildman–Crippen LogP) is 6.34. The van der Waals surface area contributed by atoms with Gasteiger partial charge in [0.25, 0.3) is 22.0 Å². The first-order valence-corrected chi connectivity index (χ1v) is 11.4. The third-order valence-electron chi connectivity index (χ3n) is 2.87. The molecule has 0 radical (unpaired) electrons. The van der Waals surface area contributed by atoms with Crippen molar-refractivity contribution in [1.29, 1.82) is 0 Å². The first kappa shape index (κ1) is 16.1. The highest BCUT2D eigenvalue weighted by Crippen LogP contribution is 2.67. The second-order valence-corrected chi connectivity index (χ2v) is 9.60. The minimum absolute atomic E-state index is 0.710. The summed E-state index contributed by atoms with van der Waals surface area (Å²) in [6.45, 7) is 0. The highest BCUT2D eigenvalue weighted by atomic mass is 127. The first-order chi connectivity index (χ1) is 11.2. The molecule has 3 aromatic rings. The monoisotopic (exact) mass is 437 g/mol. The summed E-state index contributed by atoms with van der Waals surface area (Å²) < 4.78 is 18.2. The van der Waals surface area contributed by atoms with E-state index < -0.39 is 5.59 Å². The van der Waals surface area contributed by atoms with E-state index in [1.165, 1.54) is 0 Å². The van der Waals surface area contributed by atoms with Crippen LogP contribution in [0.1, 0.15) is 0 Å². The molecule has 0 saturated carbocycles. The van der Waals surface area contributed by atoms with E-state index >= 15 is 0 Å². The number of hydrogen-bond donors (Lipinski definition) is 0. The number of halogens is 1. The van der Waals surface area contributed by atoms with Crippen LogP contribution in [0.2, 0.25) is 0 Å². The fraction of sp³-hybridized carbons (Fsp3) is 0. The van der Waals surface area contributed by atoms with Crippen molar-refractivity contribution in [2.75, 3.05) is 0 Å². The molecule has 5 heteroatoms. The van der Waals surface area contributed by atoms with Crippen LogP contribution in [0.25, 0.3) is 0 Å². The summed E-state index contributed by atoms with van der Waals surface area (Å²) in [6, 6.07) is 28.6.